The standard InChI is InChI=1S/C19H20BNO4/c1-18(2)19(3,4)25-20(24-18)12-7-8-16-14(10-12)15(17(22)21-16)11-13-6-5-9-23-13/h5-11H,1-4H3,(H,21,22). The minimum atomic E-state index is -0.462. The van der Waals surface area contributed by atoms with Gasteiger partial charge in [0.25, 0.3) is 5.91 Å². The van der Waals surface area contributed by atoms with Gasteiger partial charge in [-0.15, -0.1) is 0 Å². The summed E-state index contributed by atoms with van der Waals surface area (Å²) in [4.78, 5) is 12.3. The number of rotatable bonds is 2. The Morgan fingerprint density at radius 2 is 1.80 bits per heavy atom. The Kier molecular flexibility index (Phi) is 3.46. The molecule has 128 valence electrons. The third kappa shape index (κ3) is 2.62. The third-order valence-electron chi connectivity index (χ3n) is 5.18. The number of carbonyl (C=O) groups is 1. The summed E-state index contributed by atoms with van der Waals surface area (Å²) < 4.78 is 17.6. The van der Waals surface area contributed by atoms with Crippen molar-refractivity contribution in [3.63, 3.8) is 0 Å². The van der Waals surface area contributed by atoms with E-state index >= 15 is 0 Å². The SMILES string of the molecule is CC1(C)OB(c2ccc3c(c2)C(=Cc2ccco2)C(=O)N3)OC1(C)C. The fraction of sp³-hybridized carbons (Fsp3) is 0.316. The summed E-state index contributed by atoms with van der Waals surface area (Å²) in [5.74, 6) is 0.497. The number of amides is 1. The molecule has 0 spiro atoms. The second-order valence-electron chi connectivity index (χ2n) is 7.42. The summed E-state index contributed by atoms with van der Waals surface area (Å²) in [5.41, 5.74) is 2.26. The Bertz CT molecular complexity index is 852. The van der Waals surface area contributed by atoms with E-state index in [9.17, 15) is 4.79 Å². The Balaban J connectivity index is 1.72. The van der Waals surface area contributed by atoms with Gasteiger partial charge in [0.2, 0.25) is 0 Å². The third-order valence-corrected chi connectivity index (χ3v) is 5.18. The zero-order valence-corrected chi connectivity index (χ0v) is 14.8. The number of carbonyl (C=O) groups excluding carboxylic acids is 1. The van der Waals surface area contributed by atoms with Crippen LogP contribution in [0.3, 0.4) is 0 Å². The molecule has 1 saturated heterocycles. The first kappa shape index (κ1) is 16.2. The number of furan rings is 1. The lowest BCUT2D eigenvalue weighted by molar-refractivity contribution is -0.110. The predicted molar refractivity (Wildman–Crippen MR) is 97.4 cm³/mol. The van der Waals surface area contributed by atoms with E-state index in [2.05, 4.69) is 5.32 Å². The van der Waals surface area contributed by atoms with Gasteiger partial charge in [-0.25, -0.2) is 0 Å². The monoisotopic (exact) mass is 337 g/mol. The molecule has 4 rings (SSSR count). The molecule has 6 heteroatoms. The molecule has 0 saturated carbocycles. The smallest absolute Gasteiger partial charge is 0.465 e. The van der Waals surface area contributed by atoms with Crippen LogP contribution in [0.2, 0.25) is 0 Å². The van der Waals surface area contributed by atoms with Crippen molar-refractivity contribution < 1.29 is 18.5 Å². The maximum atomic E-state index is 12.3. The Morgan fingerprint density at radius 1 is 1.08 bits per heavy atom. The zero-order valence-electron chi connectivity index (χ0n) is 14.8. The molecule has 2 aliphatic rings. The normalized spacial score (nSPS) is 22.3. The molecular formula is C19H20BNO4. The number of hydrogen-bond acceptors (Lipinski definition) is 4. The second kappa shape index (κ2) is 5.34. The van der Waals surface area contributed by atoms with Crippen LogP contribution >= 0.6 is 0 Å². The van der Waals surface area contributed by atoms with Gasteiger partial charge in [-0.3, -0.25) is 4.79 Å². The highest BCUT2D eigenvalue weighted by molar-refractivity contribution is 6.62. The van der Waals surface area contributed by atoms with Crippen LogP contribution in [0.1, 0.15) is 39.0 Å². The van der Waals surface area contributed by atoms with E-state index in [0.29, 0.717) is 11.3 Å². The van der Waals surface area contributed by atoms with Crippen molar-refractivity contribution in [2.75, 3.05) is 5.32 Å². The highest BCUT2D eigenvalue weighted by Gasteiger charge is 2.51. The van der Waals surface area contributed by atoms with Crippen molar-refractivity contribution in [1.82, 2.24) is 0 Å². The van der Waals surface area contributed by atoms with Gasteiger partial charge >= 0.3 is 7.12 Å². The number of benzene rings is 1. The van der Waals surface area contributed by atoms with Crippen LogP contribution in [0, 0.1) is 0 Å². The molecule has 1 N–H and O–H groups in total. The van der Waals surface area contributed by atoms with E-state index in [1.807, 2.05) is 52.0 Å². The molecule has 0 unspecified atom stereocenters. The van der Waals surface area contributed by atoms with Gasteiger partial charge < -0.3 is 19.0 Å². The van der Waals surface area contributed by atoms with Crippen LogP contribution in [-0.4, -0.2) is 24.2 Å². The van der Waals surface area contributed by atoms with Crippen molar-refractivity contribution in [2.24, 2.45) is 0 Å². The maximum Gasteiger partial charge on any atom is 0.494 e. The molecule has 1 amide bonds. The maximum absolute atomic E-state index is 12.3. The first-order valence-electron chi connectivity index (χ1n) is 8.33. The lowest BCUT2D eigenvalue weighted by Gasteiger charge is -2.32. The lowest BCUT2D eigenvalue weighted by atomic mass is 9.78. The molecule has 1 fully saturated rings. The van der Waals surface area contributed by atoms with Gasteiger partial charge in [0.15, 0.2) is 0 Å². The Hall–Kier alpha value is -2.31. The number of nitrogens with one attached hydrogen (secondary N) is 1. The van der Waals surface area contributed by atoms with Crippen LogP contribution < -0.4 is 10.8 Å². The van der Waals surface area contributed by atoms with Crippen LogP contribution in [0.4, 0.5) is 5.69 Å². The molecule has 2 aromatic rings. The molecular weight excluding hydrogens is 317 g/mol. The average molecular weight is 337 g/mol. The summed E-state index contributed by atoms with van der Waals surface area (Å²) in [7, 11) is -0.462. The van der Waals surface area contributed by atoms with E-state index in [1.165, 1.54) is 0 Å². The zero-order chi connectivity index (χ0) is 17.8. The van der Waals surface area contributed by atoms with E-state index in [-0.39, 0.29) is 5.91 Å². The van der Waals surface area contributed by atoms with Gasteiger partial charge in [-0.1, -0.05) is 12.1 Å². The number of fused-ring (bicyclic) bond motifs is 1. The molecule has 0 atom stereocenters. The molecule has 1 aromatic carbocycles. The minimum Gasteiger partial charge on any atom is -0.465 e. The van der Waals surface area contributed by atoms with E-state index < -0.39 is 18.3 Å². The average Bonchev–Trinajstić information content (AvgIpc) is 3.19. The van der Waals surface area contributed by atoms with Gasteiger partial charge in [-0.2, -0.15) is 0 Å². The highest BCUT2D eigenvalue weighted by atomic mass is 16.7. The van der Waals surface area contributed by atoms with E-state index in [4.69, 9.17) is 13.7 Å². The summed E-state index contributed by atoms with van der Waals surface area (Å²) in [6.45, 7) is 8.09. The Morgan fingerprint density at radius 3 is 2.44 bits per heavy atom. The van der Waals surface area contributed by atoms with Gasteiger partial charge in [-0.05, 0) is 57.4 Å². The molecule has 1 aromatic heterocycles. The van der Waals surface area contributed by atoms with Crippen molar-refractivity contribution >= 4 is 35.8 Å². The summed E-state index contributed by atoms with van der Waals surface area (Å²) in [5, 5.41) is 2.88. The second-order valence-corrected chi connectivity index (χ2v) is 7.42. The fourth-order valence-electron chi connectivity index (χ4n) is 2.99. The van der Waals surface area contributed by atoms with Crippen LogP contribution in [0.15, 0.2) is 41.0 Å². The first-order chi connectivity index (χ1) is 11.8. The number of hydrogen-bond donors (Lipinski definition) is 1. The summed E-state index contributed by atoms with van der Waals surface area (Å²) >= 11 is 0. The summed E-state index contributed by atoms with van der Waals surface area (Å²) in [6, 6.07) is 9.37. The lowest BCUT2D eigenvalue weighted by Crippen LogP contribution is -2.41. The highest BCUT2D eigenvalue weighted by Crippen LogP contribution is 2.38. The minimum absolute atomic E-state index is 0.141. The van der Waals surface area contributed by atoms with E-state index in [1.54, 1.807) is 18.4 Å². The molecule has 5 nitrogen and oxygen atoms in total. The van der Waals surface area contributed by atoms with Gasteiger partial charge in [0.1, 0.15) is 5.76 Å². The van der Waals surface area contributed by atoms with Crippen molar-refractivity contribution in [3.05, 3.63) is 47.9 Å². The quantitative estimate of drug-likeness (QED) is 0.676. The van der Waals surface area contributed by atoms with Crippen LogP contribution in [0.5, 0.6) is 0 Å². The van der Waals surface area contributed by atoms with Crippen LogP contribution in [-0.2, 0) is 14.1 Å². The predicted octanol–water partition coefficient (Wildman–Crippen LogP) is 3.07. The molecule has 25 heavy (non-hydrogen) atoms. The molecule has 3 heterocycles. The van der Waals surface area contributed by atoms with Crippen molar-refractivity contribution in [1.29, 1.82) is 0 Å². The largest absolute Gasteiger partial charge is 0.494 e. The molecule has 0 bridgehead atoms. The van der Waals surface area contributed by atoms with Gasteiger partial charge in [0.05, 0.1) is 23.0 Å². The Labute approximate surface area is 147 Å². The summed E-state index contributed by atoms with van der Waals surface area (Å²) in [6.07, 6.45) is 3.33. The topological polar surface area (TPSA) is 60.7 Å². The van der Waals surface area contributed by atoms with E-state index in [0.717, 1.165) is 16.7 Å². The van der Waals surface area contributed by atoms with Crippen LogP contribution in [0.25, 0.3) is 11.6 Å². The number of anilines is 1. The molecule has 2 aliphatic heterocycles. The molecule has 0 radical (unpaired) electrons. The first-order valence-corrected chi connectivity index (χ1v) is 8.33. The van der Waals surface area contributed by atoms with Crippen molar-refractivity contribution in [2.45, 2.75) is 38.9 Å². The van der Waals surface area contributed by atoms with Gasteiger partial charge in [0, 0.05) is 11.3 Å². The molecule has 0 aliphatic carbocycles. The fourth-order valence-corrected chi connectivity index (χ4v) is 2.99. The van der Waals surface area contributed by atoms with Crippen molar-refractivity contribution in [3.8, 4) is 0 Å².